The van der Waals surface area contributed by atoms with Gasteiger partial charge in [-0.1, -0.05) is 26.8 Å². The van der Waals surface area contributed by atoms with E-state index in [4.69, 9.17) is 0 Å². The average molecular weight is 280 g/mol. The molecule has 0 amide bonds. The van der Waals surface area contributed by atoms with E-state index in [1.165, 1.54) is 12.4 Å². The van der Waals surface area contributed by atoms with Gasteiger partial charge in [0, 0.05) is 12.4 Å². The molecule has 1 heterocycles. The van der Waals surface area contributed by atoms with Crippen molar-refractivity contribution >= 4 is 0 Å². The zero-order valence-electron chi connectivity index (χ0n) is 11.8. The zero-order chi connectivity index (χ0) is 15.0. The highest BCUT2D eigenvalue weighted by molar-refractivity contribution is 5.28. The van der Waals surface area contributed by atoms with Gasteiger partial charge >= 0.3 is 0 Å². The summed E-state index contributed by atoms with van der Waals surface area (Å²) in [6.45, 7) is 5.26. The monoisotopic (exact) mass is 280 g/mol. The second-order valence-electron chi connectivity index (χ2n) is 5.94. The highest BCUT2D eigenvalue weighted by Gasteiger charge is 2.45. The quantitative estimate of drug-likeness (QED) is 0.938. The van der Waals surface area contributed by atoms with Crippen LogP contribution in [0.3, 0.4) is 0 Å². The van der Waals surface area contributed by atoms with E-state index in [2.05, 4.69) is 4.98 Å². The van der Waals surface area contributed by atoms with E-state index in [-0.39, 0.29) is 12.1 Å². The van der Waals surface area contributed by atoms with Crippen molar-refractivity contribution < 1.29 is 13.9 Å². The Kier molecular flexibility index (Phi) is 3.65. The minimum absolute atomic E-state index is 0.0222. The van der Waals surface area contributed by atoms with E-state index in [0.717, 1.165) is 12.1 Å². The Labute approximate surface area is 116 Å². The second-order valence-corrected chi connectivity index (χ2v) is 5.94. The van der Waals surface area contributed by atoms with Crippen LogP contribution in [0.4, 0.5) is 8.78 Å². The second kappa shape index (κ2) is 4.98. The van der Waals surface area contributed by atoms with Gasteiger partial charge in [-0.15, -0.1) is 0 Å². The highest BCUT2D eigenvalue weighted by Crippen LogP contribution is 2.42. The van der Waals surface area contributed by atoms with E-state index < -0.39 is 22.7 Å². The molecule has 0 spiro atoms. The Morgan fingerprint density at radius 3 is 2.25 bits per heavy atom. The van der Waals surface area contributed by atoms with Crippen LogP contribution in [0.5, 0.6) is 0 Å². The van der Waals surface area contributed by atoms with Crippen molar-refractivity contribution in [2.75, 3.05) is 0 Å². The Bertz CT molecular complexity index is 570. The van der Waals surface area contributed by atoms with Crippen molar-refractivity contribution in [3.63, 3.8) is 0 Å². The van der Waals surface area contributed by atoms with Crippen LogP contribution in [-0.4, -0.2) is 14.7 Å². The van der Waals surface area contributed by atoms with E-state index in [1.807, 2.05) is 0 Å². The highest BCUT2D eigenvalue weighted by atomic mass is 19.1. The smallest absolute Gasteiger partial charge is 0.132 e. The van der Waals surface area contributed by atoms with Crippen LogP contribution in [0.15, 0.2) is 36.9 Å². The Morgan fingerprint density at radius 1 is 1.20 bits per heavy atom. The number of hydrogen-bond donors (Lipinski definition) is 1. The lowest BCUT2D eigenvalue weighted by Crippen LogP contribution is -2.45. The lowest BCUT2D eigenvalue weighted by molar-refractivity contribution is -0.0832. The fraction of sp³-hybridized carbons (Fsp3) is 0.400. The number of benzene rings is 1. The Morgan fingerprint density at radius 2 is 1.80 bits per heavy atom. The molecule has 0 aliphatic rings. The first kappa shape index (κ1) is 14.7. The molecule has 108 valence electrons. The number of rotatable bonds is 3. The van der Waals surface area contributed by atoms with Crippen molar-refractivity contribution in [1.29, 1.82) is 0 Å². The van der Waals surface area contributed by atoms with Crippen molar-refractivity contribution in [3.05, 3.63) is 54.1 Å². The van der Waals surface area contributed by atoms with Crippen LogP contribution in [-0.2, 0) is 12.1 Å². The molecule has 1 aromatic carbocycles. The van der Waals surface area contributed by atoms with E-state index >= 15 is 0 Å². The van der Waals surface area contributed by atoms with E-state index in [0.29, 0.717) is 0 Å². The summed E-state index contributed by atoms with van der Waals surface area (Å²) in [7, 11) is 0. The summed E-state index contributed by atoms with van der Waals surface area (Å²) >= 11 is 0. The van der Waals surface area contributed by atoms with Crippen LogP contribution < -0.4 is 0 Å². The average Bonchev–Trinajstić information content (AvgIpc) is 2.79. The first-order valence-electron chi connectivity index (χ1n) is 6.38. The molecular formula is C15H18F2N2O. The number of imidazole rings is 1. The molecule has 0 radical (unpaired) electrons. The summed E-state index contributed by atoms with van der Waals surface area (Å²) in [6.07, 6.45) is 4.71. The van der Waals surface area contributed by atoms with E-state index in [9.17, 15) is 13.9 Å². The number of aliphatic hydroxyl groups is 1. The molecule has 2 rings (SSSR count). The molecule has 0 saturated heterocycles. The summed E-state index contributed by atoms with van der Waals surface area (Å²) in [5.41, 5.74) is -2.76. The first-order valence-corrected chi connectivity index (χ1v) is 6.38. The molecule has 0 fully saturated rings. The molecule has 3 nitrogen and oxygen atoms in total. The van der Waals surface area contributed by atoms with Crippen LogP contribution in [0.1, 0.15) is 26.3 Å². The molecule has 0 aliphatic carbocycles. The van der Waals surface area contributed by atoms with Gasteiger partial charge in [-0.05, 0) is 17.5 Å². The molecule has 20 heavy (non-hydrogen) atoms. The van der Waals surface area contributed by atoms with Crippen molar-refractivity contribution in [2.45, 2.75) is 32.9 Å². The molecule has 0 bridgehead atoms. The summed E-state index contributed by atoms with van der Waals surface area (Å²) < 4.78 is 29.8. The van der Waals surface area contributed by atoms with Gasteiger partial charge in [-0.25, -0.2) is 13.8 Å². The normalized spacial score (nSPS) is 15.1. The van der Waals surface area contributed by atoms with Crippen LogP contribution in [0, 0.1) is 17.0 Å². The summed E-state index contributed by atoms with van der Waals surface area (Å²) in [5.74, 6) is -1.50. The van der Waals surface area contributed by atoms with Gasteiger partial charge in [0.15, 0.2) is 0 Å². The SMILES string of the molecule is CC(C)(C)C(O)(Cn1ccnc1)c1c(F)cccc1F. The molecule has 0 saturated carbocycles. The maximum atomic E-state index is 14.1. The number of hydrogen-bond acceptors (Lipinski definition) is 2. The van der Waals surface area contributed by atoms with Gasteiger partial charge in [-0.3, -0.25) is 0 Å². The van der Waals surface area contributed by atoms with Gasteiger partial charge < -0.3 is 9.67 Å². The number of nitrogens with zero attached hydrogens (tertiary/aromatic N) is 2. The third-order valence-corrected chi connectivity index (χ3v) is 3.59. The topological polar surface area (TPSA) is 38.0 Å². The van der Waals surface area contributed by atoms with Crippen LogP contribution in [0.25, 0.3) is 0 Å². The van der Waals surface area contributed by atoms with Gasteiger partial charge in [0.1, 0.15) is 17.2 Å². The third-order valence-electron chi connectivity index (χ3n) is 3.59. The number of aromatic nitrogens is 2. The maximum absolute atomic E-state index is 14.1. The molecule has 5 heteroatoms. The molecule has 1 aromatic heterocycles. The fourth-order valence-electron chi connectivity index (χ4n) is 2.23. The minimum Gasteiger partial charge on any atom is -0.383 e. The predicted molar refractivity (Wildman–Crippen MR) is 71.9 cm³/mol. The standard InChI is InChI=1S/C15H18F2N2O/c1-14(2,3)15(20,9-19-8-7-18-10-19)13-11(16)5-4-6-12(13)17/h4-8,10,20H,9H2,1-3H3. The Balaban J connectivity index is 2.58. The summed E-state index contributed by atoms with van der Waals surface area (Å²) in [5, 5.41) is 11.0. The fourth-order valence-corrected chi connectivity index (χ4v) is 2.23. The van der Waals surface area contributed by atoms with Gasteiger partial charge in [0.05, 0.1) is 18.4 Å². The zero-order valence-corrected chi connectivity index (χ0v) is 11.8. The van der Waals surface area contributed by atoms with E-state index in [1.54, 1.807) is 37.7 Å². The van der Waals surface area contributed by atoms with Crippen molar-refractivity contribution in [3.8, 4) is 0 Å². The van der Waals surface area contributed by atoms with Gasteiger partial charge in [-0.2, -0.15) is 0 Å². The lowest BCUT2D eigenvalue weighted by atomic mass is 9.71. The largest absolute Gasteiger partial charge is 0.383 e. The Hall–Kier alpha value is -1.75. The maximum Gasteiger partial charge on any atom is 0.132 e. The summed E-state index contributed by atoms with van der Waals surface area (Å²) in [4.78, 5) is 3.89. The molecule has 0 aliphatic heterocycles. The third kappa shape index (κ3) is 2.45. The van der Waals surface area contributed by atoms with Gasteiger partial charge in [0.2, 0.25) is 0 Å². The predicted octanol–water partition coefficient (Wildman–Crippen LogP) is 3.10. The lowest BCUT2D eigenvalue weighted by Gasteiger charge is -2.41. The van der Waals surface area contributed by atoms with Gasteiger partial charge in [0.25, 0.3) is 0 Å². The van der Waals surface area contributed by atoms with Crippen molar-refractivity contribution in [1.82, 2.24) is 9.55 Å². The molecule has 1 unspecified atom stereocenters. The summed E-state index contributed by atoms with van der Waals surface area (Å²) in [6, 6.07) is 3.60. The number of halogens is 2. The first-order chi connectivity index (χ1) is 9.25. The minimum atomic E-state index is -1.69. The molecule has 1 atom stereocenters. The molecule has 1 N–H and O–H groups in total. The van der Waals surface area contributed by atoms with Crippen molar-refractivity contribution in [2.24, 2.45) is 5.41 Å². The van der Waals surface area contributed by atoms with Crippen LogP contribution >= 0.6 is 0 Å². The molecular weight excluding hydrogens is 262 g/mol. The molecule has 2 aromatic rings. The van der Waals surface area contributed by atoms with Crippen LogP contribution in [0.2, 0.25) is 0 Å².